The molecule has 0 saturated carbocycles. The number of unbranched alkanes of at least 4 members (excludes halogenated alkanes) is 14. The van der Waals surface area contributed by atoms with Gasteiger partial charge in [0.25, 0.3) is 0 Å². The van der Waals surface area contributed by atoms with E-state index in [0.29, 0.717) is 139 Å². The zero-order valence-electron chi connectivity index (χ0n) is 35.4. The fourth-order valence-electron chi connectivity index (χ4n) is 5.20. The second-order valence-electron chi connectivity index (χ2n) is 14.4. The maximum atomic E-state index is 11.9. The minimum Gasteiger partial charge on any atom is -0.463 e. The molecular weight excluding hydrogens is 713 g/mol. The summed E-state index contributed by atoms with van der Waals surface area (Å²) < 4.78 is 60.4. The van der Waals surface area contributed by atoms with Crippen LogP contribution < -0.4 is 0 Å². The van der Waals surface area contributed by atoms with Gasteiger partial charge < -0.3 is 51.8 Å². The van der Waals surface area contributed by atoms with Gasteiger partial charge in [0.1, 0.15) is 6.61 Å². The first kappa shape index (κ1) is 53.3. The number of hydrogen-bond acceptors (Lipinski definition) is 12. The summed E-state index contributed by atoms with van der Waals surface area (Å²) in [6.07, 6.45) is 20.2. The zero-order valence-corrected chi connectivity index (χ0v) is 36.4. The van der Waals surface area contributed by atoms with Crippen LogP contribution in [-0.2, 0) is 56.6 Å². The quantitative estimate of drug-likeness (QED) is 0.0340. The molecule has 0 amide bonds. The molecule has 0 radical (unpaired) electrons. The summed E-state index contributed by atoms with van der Waals surface area (Å²) in [4.78, 5) is 11.9. The minimum absolute atomic E-state index is 0.128. The summed E-state index contributed by atoms with van der Waals surface area (Å²) >= 11 is 0. The van der Waals surface area contributed by atoms with Gasteiger partial charge in [-0.1, -0.05) is 96.8 Å². The summed E-state index contributed by atoms with van der Waals surface area (Å²) in [5.41, 5.74) is 0. The van der Waals surface area contributed by atoms with Crippen LogP contribution in [0, 0.1) is 0 Å². The molecular formula is C41H84O12Si. The van der Waals surface area contributed by atoms with Crippen molar-refractivity contribution in [2.45, 2.75) is 129 Å². The Balaban J connectivity index is 3.14. The van der Waals surface area contributed by atoms with E-state index >= 15 is 0 Å². The van der Waals surface area contributed by atoms with E-state index in [1.807, 2.05) is 0 Å². The van der Waals surface area contributed by atoms with Crippen molar-refractivity contribution in [3.8, 4) is 0 Å². The molecule has 0 heterocycles. The van der Waals surface area contributed by atoms with E-state index < -0.39 is 8.32 Å². The molecule has 0 N–H and O–H groups in total. The molecule has 13 heteroatoms. The van der Waals surface area contributed by atoms with Gasteiger partial charge in [0.15, 0.2) is 8.32 Å². The normalized spacial score (nSPS) is 11.9. The molecule has 0 aromatic rings. The van der Waals surface area contributed by atoms with Gasteiger partial charge in [-0.25, -0.2) is 0 Å². The second kappa shape index (κ2) is 45.0. The van der Waals surface area contributed by atoms with Crippen molar-refractivity contribution >= 4 is 14.3 Å². The third kappa shape index (κ3) is 49.3. The van der Waals surface area contributed by atoms with E-state index in [1.165, 1.54) is 83.5 Å². The molecule has 0 saturated heterocycles. The van der Waals surface area contributed by atoms with Crippen LogP contribution in [0.4, 0.5) is 0 Å². The lowest BCUT2D eigenvalue weighted by molar-refractivity contribution is -0.145. The lowest BCUT2D eigenvalue weighted by Gasteiger charge is -2.16. The van der Waals surface area contributed by atoms with E-state index in [4.69, 9.17) is 51.8 Å². The van der Waals surface area contributed by atoms with Crippen LogP contribution in [-0.4, -0.2) is 146 Å². The standard InChI is InChI=1S/C41H84O12Si/c1-5-6-7-8-9-10-11-12-13-14-15-16-17-18-19-20-41(42)52-39-37-50-35-33-48-31-29-46-27-25-44-23-21-43-22-24-45-26-28-47-30-32-49-34-36-51-38-40-53-54(2,3)4/h5-40H2,1-4H3. The van der Waals surface area contributed by atoms with Gasteiger partial charge in [-0.2, -0.15) is 0 Å². The minimum atomic E-state index is -1.46. The Kier molecular flexibility index (Phi) is 44.4. The first-order valence-electron chi connectivity index (χ1n) is 21.4. The summed E-state index contributed by atoms with van der Waals surface area (Å²) in [7, 11) is -1.46. The molecule has 12 nitrogen and oxygen atoms in total. The highest BCUT2D eigenvalue weighted by Crippen LogP contribution is 2.14. The summed E-state index contributed by atoms with van der Waals surface area (Å²) in [5.74, 6) is -0.128. The lowest BCUT2D eigenvalue weighted by Crippen LogP contribution is -2.27. The molecule has 0 spiro atoms. The lowest BCUT2D eigenvalue weighted by atomic mass is 10.0. The van der Waals surface area contributed by atoms with Gasteiger partial charge in [-0.05, 0) is 26.1 Å². The van der Waals surface area contributed by atoms with Crippen LogP contribution in [0.3, 0.4) is 0 Å². The van der Waals surface area contributed by atoms with Crippen molar-refractivity contribution in [3.63, 3.8) is 0 Å². The van der Waals surface area contributed by atoms with Gasteiger partial charge in [0.2, 0.25) is 0 Å². The molecule has 324 valence electrons. The molecule has 0 rings (SSSR count). The van der Waals surface area contributed by atoms with Crippen LogP contribution in [0.5, 0.6) is 0 Å². The van der Waals surface area contributed by atoms with E-state index in [1.54, 1.807) is 0 Å². The molecule has 0 bridgehead atoms. The number of ether oxygens (including phenoxy) is 10. The Morgan fingerprint density at radius 1 is 0.333 bits per heavy atom. The predicted octanol–water partition coefficient (Wildman–Crippen LogP) is 7.79. The SMILES string of the molecule is CCCCCCCCCCCCCCCCCC(=O)OCCOCCOCCOCCOCCOCCOCCOCCOCCOCCO[Si](C)(C)C. The highest BCUT2D eigenvalue weighted by atomic mass is 28.4. The Labute approximate surface area is 331 Å². The van der Waals surface area contributed by atoms with E-state index in [9.17, 15) is 4.79 Å². The molecule has 0 aromatic heterocycles. The fourth-order valence-corrected chi connectivity index (χ4v) is 5.89. The third-order valence-corrected chi connectivity index (χ3v) is 9.28. The zero-order chi connectivity index (χ0) is 39.3. The topological polar surface area (TPSA) is 119 Å². The number of carbonyl (C=O) groups excluding carboxylic acids is 1. The molecule has 0 unspecified atom stereocenters. The van der Waals surface area contributed by atoms with Crippen molar-refractivity contribution in [1.82, 2.24) is 0 Å². The van der Waals surface area contributed by atoms with Gasteiger partial charge >= 0.3 is 5.97 Å². The average Bonchev–Trinajstić information content (AvgIpc) is 3.15. The van der Waals surface area contributed by atoms with E-state index in [2.05, 4.69) is 26.6 Å². The fraction of sp³-hybridized carbons (Fsp3) is 0.976. The number of hydrogen-bond donors (Lipinski definition) is 0. The van der Waals surface area contributed by atoms with Crippen molar-refractivity contribution in [2.24, 2.45) is 0 Å². The maximum absolute atomic E-state index is 11.9. The molecule has 0 aliphatic heterocycles. The summed E-state index contributed by atoms with van der Waals surface area (Å²) in [5, 5.41) is 0. The maximum Gasteiger partial charge on any atom is 0.305 e. The molecule has 0 aliphatic carbocycles. The Bertz CT molecular complexity index is 729. The van der Waals surface area contributed by atoms with E-state index in [0.717, 1.165) is 12.8 Å². The highest BCUT2D eigenvalue weighted by Gasteiger charge is 2.13. The van der Waals surface area contributed by atoms with Gasteiger partial charge in [-0.3, -0.25) is 4.79 Å². The number of carbonyl (C=O) groups is 1. The smallest absolute Gasteiger partial charge is 0.305 e. The van der Waals surface area contributed by atoms with E-state index in [-0.39, 0.29) is 5.97 Å². The molecule has 0 atom stereocenters. The summed E-state index contributed by atoms with van der Waals surface area (Å²) in [6.45, 7) is 18.9. The highest BCUT2D eigenvalue weighted by molar-refractivity contribution is 6.69. The molecule has 0 aromatic carbocycles. The number of rotatable bonds is 47. The second-order valence-corrected chi connectivity index (χ2v) is 18.9. The molecule has 0 fully saturated rings. The van der Waals surface area contributed by atoms with Crippen LogP contribution in [0.2, 0.25) is 19.6 Å². The largest absolute Gasteiger partial charge is 0.463 e. The number of esters is 1. The van der Waals surface area contributed by atoms with Crippen LogP contribution in [0.15, 0.2) is 0 Å². The van der Waals surface area contributed by atoms with Crippen molar-refractivity contribution in [2.75, 3.05) is 132 Å². The monoisotopic (exact) mass is 797 g/mol. The average molecular weight is 797 g/mol. The molecule has 54 heavy (non-hydrogen) atoms. The first-order chi connectivity index (χ1) is 26.5. The van der Waals surface area contributed by atoms with Crippen LogP contribution >= 0.6 is 0 Å². The summed E-state index contributed by atoms with van der Waals surface area (Å²) in [6, 6.07) is 0. The van der Waals surface area contributed by atoms with Crippen molar-refractivity contribution in [1.29, 1.82) is 0 Å². The van der Waals surface area contributed by atoms with Crippen LogP contribution in [0.25, 0.3) is 0 Å². The van der Waals surface area contributed by atoms with Crippen molar-refractivity contribution < 1.29 is 56.6 Å². The van der Waals surface area contributed by atoms with Crippen molar-refractivity contribution in [3.05, 3.63) is 0 Å². The van der Waals surface area contributed by atoms with Gasteiger partial charge in [0.05, 0.1) is 126 Å². The van der Waals surface area contributed by atoms with Gasteiger partial charge in [-0.15, -0.1) is 0 Å². The Hall–Kier alpha value is -0.713. The Morgan fingerprint density at radius 3 is 0.852 bits per heavy atom. The first-order valence-corrected chi connectivity index (χ1v) is 24.9. The third-order valence-electron chi connectivity index (χ3n) is 8.21. The predicted molar refractivity (Wildman–Crippen MR) is 217 cm³/mol. The van der Waals surface area contributed by atoms with Crippen LogP contribution in [0.1, 0.15) is 110 Å². The van der Waals surface area contributed by atoms with Gasteiger partial charge in [0, 0.05) is 6.42 Å². The Morgan fingerprint density at radius 2 is 0.574 bits per heavy atom. The molecule has 0 aliphatic rings.